The molecule has 1 fully saturated rings. The number of carbonyl (C=O) groups excluding carboxylic acids is 1. The van der Waals surface area contributed by atoms with Gasteiger partial charge in [0.15, 0.2) is 0 Å². The monoisotopic (exact) mass is 304 g/mol. The molecule has 2 rings (SSSR count). The molecule has 0 bridgehead atoms. The number of allylic oxidation sites excluding steroid dienone is 1. The van der Waals surface area contributed by atoms with Gasteiger partial charge in [0.25, 0.3) is 5.85 Å². The Morgan fingerprint density at radius 1 is 1.50 bits per heavy atom. The summed E-state index contributed by atoms with van der Waals surface area (Å²) in [4.78, 5) is 12.6. The maximum absolute atomic E-state index is 14.6. The van der Waals surface area contributed by atoms with E-state index in [4.69, 9.17) is 28.3 Å². The van der Waals surface area contributed by atoms with E-state index >= 15 is 0 Å². The van der Waals surface area contributed by atoms with Crippen LogP contribution in [-0.2, 0) is 4.74 Å². The molecule has 0 aromatic carbocycles. The molecule has 112 valence electrons. The van der Waals surface area contributed by atoms with Crippen LogP contribution in [0.4, 0.5) is 9.18 Å². The highest BCUT2D eigenvalue weighted by Crippen LogP contribution is 2.44. The number of urea groups is 1. The van der Waals surface area contributed by atoms with Crippen LogP contribution in [0.5, 0.6) is 0 Å². The molecule has 4 N–H and O–H groups in total. The summed E-state index contributed by atoms with van der Waals surface area (Å²) >= 11 is 0. The van der Waals surface area contributed by atoms with Crippen molar-refractivity contribution in [3.8, 4) is 0 Å². The van der Waals surface area contributed by atoms with Crippen molar-refractivity contribution < 1.29 is 29.2 Å². The van der Waals surface area contributed by atoms with Crippen molar-refractivity contribution in [2.24, 2.45) is 0 Å². The fourth-order valence-electron chi connectivity index (χ4n) is 2.18. The minimum atomic E-state index is -3.52. The highest BCUT2D eigenvalue weighted by Gasteiger charge is 2.68. The van der Waals surface area contributed by atoms with Crippen LogP contribution in [0.25, 0.3) is 0 Å². The maximum atomic E-state index is 14.6. The predicted octanol–water partition coefficient (Wildman–Crippen LogP) is -2.35. The molecule has 1 saturated heterocycles. The first-order valence-corrected chi connectivity index (χ1v) is 6.17. The lowest BCUT2D eigenvalue weighted by Gasteiger charge is -2.42. The van der Waals surface area contributed by atoms with Gasteiger partial charge in [-0.05, 0) is 12.5 Å². The quantitative estimate of drug-likeness (QED) is 0.428. The zero-order valence-electron chi connectivity index (χ0n) is 11.7. The van der Waals surface area contributed by atoms with Crippen molar-refractivity contribution in [2.75, 3.05) is 0 Å². The van der Waals surface area contributed by atoms with Gasteiger partial charge < -0.3 is 25.4 Å². The average molecular weight is 304 g/mol. The highest BCUT2D eigenvalue weighted by atomic mass is 19.2. The molecule has 2 heterocycles. The summed E-state index contributed by atoms with van der Waals surface area (Å²) in [6.45, 7) is 5.11. The molecule has 22 heavy (non-hydrogen) atoms. The minimum Gasteiger partial charge on any atom is -0.403 e. The van der Waals surface area contributed by atoms with Gasteiger partial charge in [0.2, 0.25) is 0 Å². The normalized spacial score (nSPS) is 39.7. The number of carbonyl (C=O) groups is 1. The van der Waals surface area contributed by atoms with Crippen molar-refractivity contribution in [3.05, 3.63) is 24.0 Å². The molecule has 0 saturated carbocycles. The van der Waals surface area contributed by atoms with E-state index in [1.807, 2.05) is 0 Å². The molecule has 2 aliphatic rings. The van der Waals surface area contributed by atoms with Crippen molar-refractivity contribution in [1.29, 1.82) is 0 Å². The maximum Gasteiger partial charge on any atom is 0.327 e. The number of ether oxygens (including phenoxy) is 1. The zero-order chi connectivity index (χ0) is 17.1. The van der Waals surface area contributed by atoms with Gasteiger partial charge in [-0.2, -0.15) is 0 Å². The molecule has 0 unspecified atom stereocenters. The predicted molar refractivity (Wildman–Crippen MR) is 75.1 cm³/mol. The summed E-state index contributed by atoms with van der Waals surface area (Å²) in [6.07, 6.45) is -3.43. The SMILES string of the molecule is [B]C([B])(O)[C@@]1(F)O[C@@]([B])(N2C=C(C)C(=C)NC2=O)[C@H](O)[C@@H]1O. The number of aliphatic hydroxyl groups is 3. The summed E-state index contributed by atoms with van der Waals surface area (Å²) in [5, 5.41) is 28.3. The van der Waals surface area contributed by atoms with E-state index in [1.165, 1.54) is 0 Å². The van der Waals surface area contributed by atoms with Gasteiger partial charge in [-0.1, -0.05) is 6.58 Å². The summed E-state index contributed by atoms with van der Waals surface area (Å²) < 4.78 is 19.3. The molecular formula is C11H12B3FN2O5. The first kappa shape index (κ1) is 17.1. The smallest absolute Gasteiger partial charge is 0.327 e. The number of halogens is 1. The van der Waals surface area contributed by atoms with Gasteiger partial charge in [-0.25, -0.2) is 9.18 Å². The molecule has 6 radical (unpaired) electrons. The zero-order valence-corrected chi connectivity index (χ0v) is 11.7. The number of alkyl halides is 1. The van der Waals surface area contributed by atoms with Crippen molar-refractivity contribution in [2.45, 2.75) is 36.0 Å². The lowest BCUT2D eigenvalue weighted by molar-refractivity contribution is -0.242. The topological polar surface area (TPSA) is 102 Å². The third kappa shape index (κ3) is 2.20. The van der Waals surface area contributed by atoms with Gasteiger partial charge >= 0.3 is 6.03 Å². The second-order valence-corrected chi connectivity index (χ2v) is 5.30. The van der Waals surface area contributed by atoms with E-state index in [-0.39, 0.29) is 5.70 Å². The highest BCUT2D eigenvalue weighted by molar-refractivity contribution is 6.39. The lowest BCUT2D eigenvalue weighted by Crippen LogP contribution is -2.61. The Morgan fingerprint density at radius 3 is 2.50 bits per heavy atom. The standard InChI is InChI=1S/C11H12B3FN2O5/c1-4-3-17(8(20)16-5(4)2)10(12)7(19)6(18)9(15,22-10)11(13,14)21/h3,6-7,18-19,21H,2H2,1H3,(H,16,20)/t6-,7+,9-,10-/m0/s1. The Morgan fingerprint density at radius 2 is 2.05 bits per heavy atom. The molecule has 11 heteroatoms. The summed E-state index contributed by atoms with van der Waals surface area (Å²) in [5.41, 5.74) is -1.87. The van der Waals surface area contributed by atoms with E-state index in [0.717, 1.165) is 6.20 Å². The van der Waals surface area contributed by atoms with Crippen LogP contribution >= 0.6 is 0 Å². The fourth-order valence-corrected chi connectivity index (χ4v) is 2.18. The molecule has 0 spiro atoms. The number of amides is 2. The molecule has 2 amide bonds. The van der Waals surface area contributed by atoms with E-state index in [1.54, 1.807) is 6.92 Å². The number of hydrogen-bond donors (Lipinski definition) is 4. The molecule has 0 aromatic heterocycles. The minimum absolute atomic E-state index is 0.263. The lowest BCUT2D eigenvalue weighted by atomic mass is 9.59. The van der Waals surface area contributed by atoms with Gasteiger partial charge in [0.1, 0.15) is 41.4 Å². The Bertz CT molecular complexity index is 568. The van der Waals surface area contributed by atoms with Crippen LogP contribution in [0, 0.1) is 0 Å². The van der Waals surface area contributed by atoms with Crippen LogP contribution < -0.4 is 5.32 Å². The van der Waals surface area contributed by atoms with Crippen molar-refractivity contribution in [3.63, 3.8) is 0 Å². The molecule has 2 aliphatic heterocycles. The number of rotatable bonds is 2. The van der Waals surface area contributed by atoms with Crippen LogP contribution in [0.15, 0.2) is 24.0 Å². The molecular weight excluding hydrogens is 292 g/mol. The molecule has 4 atom stereocenters. The fraction of sp³-hybridized carbons (Fsp3) is 0.545. The third-order valence-corrected chi connectivity index (χ3v) is 3.61. The Kier molecular flexibility index (Phi) is 3.77. The van der Waals surface area contributed by atoms with Crippen LogP contribution in [-0.4, -0.2) is 78.9 Å². The largest absolute Gasteiger partial charge is 0.403 e. The van der Waals surface area contributed by atoms with Crippen molar-refractivity contribution in [1.82, 2.24) is 10.2 Å². The van der Waals surface area contributed by atoms with Gasteiger partial charge in [0, 0.05) is 17.3 Å². The Hall–Kier alpha value is -1.29. The van der Waals surface area contributed by atoms with E-state index in [0.29, 0.717) is 10.5 Å². The number of nitrogens with zero attached hydrogens (tertiary/aromatic N) is 1. The first-order chi connectivity index (χ1) is 9.84. The Balaban J connectivity index is 2.47. The van der Waals surface area contributed by atoms with Crippen LogP contribution in [0.2, 0.25) is 0 Å². The molecule has 0 aromatic rings. The number of hydrogen-bond acceptors (Lipinski definition) is 5. The third-order valence-electron chi connectivity index (χ3n) is 3.61. The van der Waals surface area contributed by atoms with Gasteiger partial charge in [0.05, 0.1) is 0 Å². The first-order valence-electron chi connectivity index (χ1n) is 6.17. The molecule has 0 aliphatic carbocycles. The Labute approximate surface area is 130 Å². The second kappa shape index (κ2) is 4.85. The average Bonchev–Trinajstić information content (AvgIpc) is 2.56. The molecule has 7 nitrogen and oxygen atoms in total. The van der Waals surface area contributed by atoms with Crippen LogP contribution in [0.3, 0.4) is 0 Å². The summed E-state index contributed by atoms with van der Waals surface area (Å²) in [5.74, 6) is -3.52. The van der Waals surface area contributed by atoms with E-state index in [2.05, 4.69) is 11.9 Å². The summed E-state index contributed by atoms with van der Waals surface area (Å²) in [6, 6.07) is -0.897. The van der Waals surface area contributed by atoms with Gasteiger partial charge in [-0.3, -0.25) is 4.90 Å². The number of aliphatic hydroxyl groups excluding tert-OH is 2. The van der Waals surface area contributed by atoms with E-state index in [9.17, 15) is 24.5 Å². The second-order valence-electron chi connectivity index (χ2n) is 5.30. The van der Waals surface area contributed by atoms with E-state index < -0.39 is 35.1 Å². The number of nitrogens with one attached hydrogen (secondary N) is 1. The van der Waals surface area contributed by atoms with Crippen molar-refractivity contribution >= 4 is 29.6 Å². The van der Waals surface area contributed by atoms with Gasteiger partial charge in [-0.15, -0.1) is 0 Å². The van der Waals surface area contributed by atoms with Crippen LogP contribution in [0.1, 0.15) is 6.92 Å². The summed E-state index contributed by atoms with van der Waals surface area (Å²) in [7, 11) is 15.8.